The monoisotopic (exact) mass is 166 g/mol. The zero-order valence-corrected chi connectivity index (χ0v) is 8.52. The minimum absolute atomic E-state index is 0.355. The summed E-state index contributed by atoms with van der Waals surface area (Å²) in [4.78, 5) is 0. The van der Waals surface area contributed by atoms with E-state index in [1.165, 1.54) is 11.3 Å². The zero-order chi connectivity index (χ0) is 9.35. The van der Waals surface area contributed by atoms with Crippen molar-refractivity contribution in [1.82, 2.24) is 5.01 Å². The summed E-state index contributed by atoms with van der Waals surface area (Å²) in [5.41, 5.74) is 3.05. The molecule has 2 nitrogen and oxygen atoms in total. The Kier molecular flexibility index (Phi) is 2.27. The van der Waals surface area contributed by atoms with Crippen LogP contribution in [0.25, 0.3) is 0 Å². The lowest BCUT2D eigenvalue weighted by Crippen LogP contribution is -2.17. The van der Waals surface area contributed by atoms with Crippen LogP contribution in [0.1, 0.15) is 34.1 Å². The number of rotatable bonds is 1. The largest absolute Gasteiger partial charge is 0.270 e. The van der Waals surface area contributed by atoms with E-state index in [0.717, 1.165) is 13.0 Å². The van der Waals surface area contributed by atoms with E-state index in [4.69, 9.17) is 0 Å². The van der Waals surface area contributed by atoms with Gasteiger partial charge in [-0.05, 0) is 25.7 Å². The molecule has 68 valence electrons. The minimum atomic E-state index is 0.355. The topological polar surface area (TPSA) is 15.6 Å². The lowest BCUT2D eigenvalue weighted by Gasteiger charge is -2.15. The Labute approximate surface area is 75.0 Å². The first-order chi connectivity index (χ1) is 5.46. The van der Waals surface area contributed by atoms with Crippen LogP contribution in [0.4, 0.5) is 0 Å². The first kappa shape index (κ1) is 9.30. The minimum Gasteiger partial charge on any atom is -0.270 e. The van der Waals surface area contributed by atoms with E-state index < -0.39 is 0 Å². The van der Waals surface area contributed by atoms with Crippen molar-refractivity contribution in [3.05, 3.63) is 11.3 Å². The van der Waals surface area contributed by atoms with E-state index in [0.29, 0.717) is 5.41 Å². The standard InChI is InChI=1S/C10H18N2/c1-8(2)9-6-10(3,4)7-12(9)11-5/h5-7H2,1-4H3. The SMILES string of the molecule is C=NN1CC(C)(C)CC1=C(C)C. The van der Waals surface area contributed by atoms with E-state index in [2.05, 4.69) is 39.5 Å². The third-order valence-electron chi connectivity index (χ3n) is 2.28. The number of hydrazone groups is 1. The van der Waals surface area contributed by atoms with Crippen LogP contribution in [0, 0.1) is 5.41 Å². The highest BCUT2D eigenvalue weighted by Crippen LogP contribution is 2.37. The lowest BCUT2D eigenvalue weighted by atomic mass is 9.91. The first-order valence-electron chi connectivity index (χ1n) is 4.37. The molecule has 0 bridgehead atoms. The van der Waals surface area contributed by atoms with Crippen molar-refractivity contribution < 1.29 is 0 Å². The molecule has 0 aromatic heterocycles. The number of allylic oxidation sites excluding steroid dienone is 2. The van der Waals surface area contributed by atoms with Crippen molar-refractivity contribution in [2.45, 2.75) is 34.1 Å². The molecule has 0 saturated carbocycles. The van der Waals surface area contributed by atoms with Crippen molar-refractivity contribution in [3.8, 4) is 0 Å². The Balaban J connectivity index is 2.91. The summed E-state index contributed by atoms with van der Waals surface area (Å²) >= 11 is 0. The average Bonchev–Trinajstić information content (AvgIpc) is 2.25. The molecule has 1 saturated heterocycles. The van der Waals surface area contributed by atoms with E-state index in [-0.39, 0.29) is 0 Å². The molecular weight excluding hydrogens is 148 g/mol. The number of hydrogen-bond acceptors (Lipinski definition) is 2. The molecule has 0 atom stereocenters. The van der Waals surface area contributed by atoms with E-state index in [9.17, 15) is 0 Å². The van der Waals surface area contributed by atoms with E-state index in [1.54, 1.807) is 0 Å². The fourth-order valence-electron chi connectivity index (χ4n) is 1.67. The Morgan fingerprint density at radius 1 is 1.50 bits per heavy atom. The van der Waals surface area contributed by atoms with Gasteiger partial charge in [-0.3, -0.25) is 5.01 Å². The fraction of sp³-hybridized carbons (Fsp3) is 0.700. The molecule has 2 heteroatoms. The third kappa shape index (κ3) is 1.68. The van der Waals surface area contributed by atoms with Crippen molar-refractivity contribution in [1.29, 1.82) is 0 Å². The van der Waals surface area contributed by atoms with Gasteiger partial charge in [-0.25, -0.2) is 0 Å². The molecular formula is C10H18N2. The first-order valence-corrected chi connectivity index (χ1v) is 4.37. The van der Waals surface area contributed by atoms with Gasteiger partial charge in [-0.1, -0.05) is 19.4 Å². The van der Waals surface area contributed by atoms with Crippen molar-refractivity contribution in [2.75, 3.05) is 6.54 Å². The highest BCUT2D eigenvalue weighted by atomic mass is 15.5. The fourth-order valence-corrected chi connectivity index (χ4v) is 1.67. The highest BCUT2D eigenvalue weighted by molar-refractivity contribution is 5.25. The van der Waals surface area contributed by atoms with Crippen molar-refractivity contribution in [3.63, 3.8) is 0 Å². The van der Waals surface area contributed by atoms with Gasteiger partial charge < -0.3 is 0 Å². The molecule has 1 aliphatic rings. The zero-order valence-electron chi connectivity index (χ0n) is 8.52. The number of hydrogen-bond donors (Lipinski definition) is 0. The van der Waals surface area contributed by atoms with Crippen LogP contribution in [0.2, 0.25) is 0 Å². The van der Waals surface area contributed by atoms with Gasteiger partial charge in [0.15, 0.2) is 0 Å². The maximum Gasteiger partial charge on any atom is 0.0466 e. The van der Waals surface area contributed by atoms with Crippen LogP contribution in [0.5, 0.6) is 0 Å². The second-order valence-corrected chi connectivity index (χ2v) is 4.49. The van der Waals surface area contributed by atoms with Crippen LogP contribution in [0.3, 0.4) is 0 Å². The van der Waals surface area contributed by atoms with E-state index in [1.807, 2.05) is 5.01 Å². The Hall–Kier alpha value is -0.790. The molecule has 0 spiro atoms. The Morgan fingerprint density at radius 3 is 2.42 bits per heavy atom. The second-order valence-electron chi connectivity index (χ2n) is 4.49. The lowest BCUT2D eigenvalue weighted by molar-refractivity contribution is 0.320. The van der Waals surface area contributed by atoms with Gasteiger partial charge in [0.2, 0.25) is 0 Å². The van der Waals surface area contributed by atoms with Crippen LogP contribution >= 0.6 is 0 Å². The highest BCUT2D eigenvalue weighted by Gasteiger charge is 2.32. The predicted molar refractivity (Wildman–Crippen MR) is 53.0 cm³/mol. The van der Waals surface area contributed by atoms with Crippen LogP contribution in [0.15, 0.2) is 16.4 Å². The summed E-state index contributed by atoms with van der Waals surface area (Å²) in [7, 11) is 0. The summed E-state index contributed by atoms with van der Waals surface area (Å²) in [5.74, 6) is 0. The van der Waals surface area contributed by atoms with Gasteiger partial charge in [-0.2, -0.15) is 5.10 Å². The molecule has 1 fully saturated rings. The summed E-state index contributed by atoms with van der Waals surface area (Å²) in [6.45, 7) is 13.4. The molecule has 1 rings (SSSR count). The average molecular weight is 166 g/mol. The summed E-state index contributed by atoms with van der Waals surface area (Å²) in [6, 6.07) is 0. The van der Waals surface area contributed by atoms with Gasteiger partial charge in [0.05, 0.1) is 0 Å². The predicted octanol–water partition coefficient (Wildman–Crippen LogP) is 2.63. The van der Waals surface area contributed by atoms with Crippen LogP contribution in [-0.4, -0.2) is 18.3 Å². The molecule has 1 heterocycles. The molecule has 0 radical (unpaired) electrons. The maximum atomic E-state index is 4.01. The molecule has 0 N–H and O–H groups in total. The normalized spacial score (nSPS) is 21.3. The van der Waals surface area contributed by atoms with Crippen molar-refractivity contribution >= 4 is 6.72 Å². The van der Waals surface area contributed by atoms with Gasteiger partial charge >= 0.3 is 0 Å². The van der Waals surface area contributed by atoms with Gasteiger partial charge in [0.25, 0.3) is 0 Å². The molecule has 0 aromatic carbocycles. The third-order valence-corrected chi connectivity index (χ3v) is 2.28. The maximum absolute atomic E-state index is 4.01. The summed E-state index contributed by atoms with van der Waals surface area (Å²) in [5, 5.41) is 6.03. The van der Waals surface area contributed by atoms with Crippen LogP contribution in [-0.2, 0) is 0 Å². The summed E-state index contributed by atoms with van der Waals surface area (Å²) < 4.78 is 0. The Bertz CT molecular complexity index is 222. The van der Waals surface area contributed by atoms with Crippen molar-refractivity contribution in [2.24, 2.45) is 10.5 Å². The Morgan fingerprint density at radius 2 is 2.08 bits per heavy atom. The van der Waals surface area contributed by atoms with Gasteiger partial charge in [0.1, 0.15) is 0 Å². The van der Waals surface area contributed by atoms with Gasteiger partial charge in [0, 0.05) is 19.0 Å². The quantitative estimate of drug-likeness (QED) is 0.547. The van der Waals surface area contributed by atoms with Crippen LogP contribution < -0.4 is 0 Å². The van der Waals surface area contributed by atoms with Gasteiger partial charge in [-0.15, -0.1) is 0 Å². The van der Waals surface area contributed by atoms with E-state index >= 15 is 0 Å². The molecule has 12 heavy (non-hydrogen) atoms. The smallest absolute Gasteiger partial charge is 0.0466 e. The number of nitrogens with zero attached hydrogens (tertiary/aromatic N) is 2. The summed E-state index contributed by atoms with van der Waals surface area (Å²) in [6.07, 6.45) is 1.12. The second kappa shape index (κ2) is 2.92. The molecule has 0 amide bonds. The molecule has 1 aliphatic heterocycles. The molecule has 0 aromatic rings. The molecule has 0 unspecified atom stereocenters. The molecule has 0 aliphatic carbocycles.